The molecule has 0 saturated carbocycles. The van der Waals surface area contributed by atoms with Gasteiger partial charge < -0.3 is 28.8 Å². The fraction of sp³-hybridized carbons (Fsp3) is 0.270. The molecule has 1 heterocycles. The summed E-state index contributed by atoms with van der Waals surface area (Å²) in [7, 11) is 1.34. The largest absolute Gasteiger partial charge is 0.491 e. The van der Waals surface area contributed by atoms with Crippen LogP contribution in [0.1, 0.15) is 34.0 Å². The summed E-state index contributed by atoms with van der Waals surface area (Å²) in [5, 5.41) is 10.4. The van der Waals surface area contributed by atoms with Crippen molar-refractivity contribution in [2.75, 3.05) is 53.4 Å². The lowest BCUT2D eigenvalue weighted by atomic mass is 9.82. The molecule has 9 heteroatoms. The standard InChI is InChI=1S/C37H38O9/c1-26(2)25-45-44-24-23-43-35-31-12-8-7-11-30(31)34-32(33(35)36(39)40-3)17-18-37(46-34,27-9-5-4-6-10-27)28-13-15-29(16-14-28)42-22-21-41-20-19-38/h4-18,38H,1,19-25H2,2-3H3. The van der Waals surface area contributed by atoms with Crippen LogP contribution >= 0.6 is 0 Å². The summed E-state index contributed by atoms with van der Waals surface area (Å²) in [6.07, 6.45) is 3.84. The Morgan fingerprint density at radius 1 is 0.826 bits per heavy atom. The minimum Gasteiger partial charge on any atom is -0.491 e. The lowest BCUT2D eigenvalue weighted by Crippen LogP contribution is -2.34. The normalized spacial score (nSPS) is 15.2. The molecule has 0 saturated heterocycles. The Morgan fingerprint density at radius 3 is 2.24 bits per heavy atom. The number of carbonyl (C=O) groups excluding carboxylic acids is 1. The van der Waals surface area contributed by atoms with Crippen LogP contribution in [0.4, 0.5) is 0 Å². The Morgan fingerprint density at radius 2 is 1.52 bits per heavy atom. The first kappa shape index (κ1) is 32.7. The van der Waals surface area contributed by atoms with Crippen molar-refractivity contribution in [3.05, 3.63) is 119 Å². The number of rotatable bonds is 16. The summed E-state index contributed by atoms with van der Waals surface area (Å²) in [5.74, 6) is 1.02. The van der Waals surface area contributed by atoms with Gasteiger partial charge in [-0.25, -0.2) is 14.6 Å². The molecule has 1 unspecified atom stereocenters. The highest BCUT2D eigenvalue weighted by atomic mass is 17.2. The third kappa shape index (κ3) is 7.24. The zero-order valence-electron chi connectivity index (χ0n) is 26.0. The van der Waals surface area contributed by atoms with Gasteiger partial charge in [0.1, 0.15) is 49.2 Å². The van der Waals surface area contributed by atoms with Gasteiger partial charge in [0, 0.05) is 27.5 Å². The number of methoxy groups -OCH3 is 1. The van der Waals surface area contributed by atoms with Crippen LogP contribution < -0.4 is 14.2 Å². The topological polar surface area (TPSA) is 102 Å². The maximum atomic E-state index is 13.4. The zero-order valence-corrected chi connectivity index (χ0v) is 26.0. The molecule has 4 aromatic carbocycles. The quantitative estimate of drug-likeness (QED) is 0.0507. The number of carbonyl (C=O) groups is 1. The van der Waals surface area contributed by atoms with E-state index in [0.29, 0.717) is 41.4 Å². The van der Waals surface area contributed by atoms with Crippen molar-refractivity contribution in [2.24, 2.45) is 0 Å². The molecule has 46 heavy (non-hydrogen) atoms. The van der Waals surface area contributed by atoms with Crippen molar-refractivity contribution in [1.29, 1.82) is 0 Å². The molecule has 0 bridgehead atoms. The highest BCUT2D eigenvalue weighted by Gasteiger charge is 2.40. The van der Waals surface area contributed by atoms with Gasteiger partial charge in [-0.1, -0.05) is 78.9 Å². The molecular formula is C37H38O9. The summed E-state index contributed by atoms with van der Waals surface area (Å²) >= 11 is 0. The van der Waals surface area contributed by atoms with Gasteiger partial charge in [-0.15, -0.1) is 0 Å². The van der Waals surface area contributed by atoms with Crippen LogP contribution in [0.3, 0.4) is 0 Å². The molecule has 0 aromatic heterocycles. The Bertz CT molecular complexity index is 1660. The second kappa shape index (κ2) is 15.6. The maximum absolute atomic E-state index is 13.4. The van der Waals surface area contributed by atoms with Gasteiger partial charge in [-0.05, 0) is 31.2 Å². The fourth-order valence-electron chi connectivity index (χ4n) is 5.24. The Labute approximate surface area is 268 Å². The maximum Gasteiger partial charge on any atom is 0.342 e. The molecule has 1 N–H and O–H groups in total. The van der Waals surface area contributed by atoms with Gasteiger partial charge in [0.2, 0.25) is 0 Å². The van der Waals surface area contributed by atoms with E-state index in [1.54, 1.807) is 0 Å². The molecular weight excluding hydrogens is 588 g/mol. The van der Waals surface area contributed by atoms with Crippen molar-refractivity contribution < 1.29 is 43.4 Å². The second-order valence-electron chi connectivity index (χ2n) is 10.6. The molecule has 4 aromatic rings. The molecule has 240 valence electrons. The van der Waals surface area contributed by atoms with Crippen LogP contribution in [0.15, 0.2) is 97.1 Å². The van der Waals surface area contributed by atoms with E-state index >= 15 is 0 Å². The Balaban J connectivity index is 1.54. The molecule has 5 rings (SSSR count). The van der Waals surface area contributed by atoms with Crippen LogP contribution in [0, 0.1) is 0 Å². The minimum absolute atomic E-state index is 0.0295. The van der Waals surface area contributed by atoms with Gasteiger partial charge in [0.05, 0.1) is 26.9 Å². The summed E-state index contributed by atoms with van der Waals surface area (Å²) < 4.78 is 29.6. The van der Waals surface area contributed by atoms with E-state index in [1.165, 1.54) is 7.11 Å². The number of aliphatic hydroxyl groups is 1. The molecule has 1 atom stereocenters. The van der Waals surface area contributed by atoms with Crippen LogP contribution in [0.2, 0.25) is 0 Å². The monoisotopic (exact) mass is 626 g/mol. The van der Waals surface area contributed by atoms with Gasteiger partial charge in [0.15, 0.2) is 5.60 Å². The number of ether oxygens (including phenoxy) is 5. The molecule has 0 amide bonds. The van der Waals surface area contributed by atoms with Crippen molar-refractivity contribution >= 4 is 22.8 Å². The molecule has 0 radical (unpaired) electrons. The SMILES string of the molecule is C=C(C)COOCCOc1c(C(=O)OC)c2c(c3ccccc13)OC(c1ccccc1)(c1ccc(OCCOCCO)cc1)C=C2. The Kier molecular flexibility index (Phi) is 11.1. The van der Waals surface area contributed by atoms with Gasteiger partial charge in [-0.2, -0.15) is 0 Å². The first-order valence-electron chi connectivity index (χ1n) is 15.0. The third-order valence-electron chi connectivity index (χ3n) is 7.31. The van der Waals surface area contributed by atoms with Gasteiger partial charge >= 0.3 is 5.97 Å². The lowest BCUT2D eigenvalue weighted by molar-refractivity contribution is -0.290. The van der Waals surface area contributed by atoms with Crippen molar-refractivity contribution in [3.8, 4) is 17.2 Å². The predicted molar refractivity (Wildman–Crippen MR) is 174 cm³/mol. The van der Waals surface area contributed by atoms with E-state index < -0.39 is 11.6 Å². The number of hydrogen-bond acceptors (Lipinski definition) is 9. The molecule has 9 nitrogen and oxygen atoms in total. The van der Waals surface area contributed by atoms with Crippen molar-refractivity contribution in [2.45, 2.75) is 12.5 Å². The van der Waals surface area contributed by atoms with Crippen LogP contribution in [0.25, 0.3) is 16.8 Å². The first-order chi connectivity index (χ1) is 22.5. The highest BCUT2D eigenvalue weighted by molar-refractivity contribution is 6.08. The molecule has 0 spiro atoms. The van der Waals surface area contributed by atoms with Crippen molar-refractivity contribution in [1.82, 2.24) is 0 Å². The summed E-state index contributed by atoms with van der Waals surface area (Å²) in [6, 6.07) is 25.2. The Hall–Kier alpha value is -4.67. The van der Waals surface area contributed by atoms with E-state index in [1.807, 2.05) is 97.9 Å². The summed E-state index contributed by atoms with van der Waals surface area (Å²) in [4.78, 5) is 23.7. The van der Waals surface area contributed by atoms with Crippen LogP contribution in [-0.2, 0) is 24.8 Å². The van der Waals surface area contributed by atoms with Crippen LogP contribution in [-0.4, -0.2) is 64.4 Å². The fourth-order valence-corrected chi connectivity index (χ4v) is 5.24. The lowest BCUT2D eigenvalue weighted by Gasteiger charge is -2.37. The second-order valence-corrected chi connectivity index (χ2v) is 10.6. The average Bonchev–Trinajstić information content (AvgIpc) is 3.09. The first-order valence-corrected chi connectivity index (χ1v) is 15.0. The van der Waals surface area contributed by atoms with E-state index in [4.69, 9.17) is 38.6 Å². The summed E-state index contributed by atoms with van der Waals surface area (Å²) in [5.41, 5.74) is 2.37. The van der Waals surface area contributed by atoms with E-state index in [-0.39, 0.29) is 38.6 Å². The molecule has 0 aliphatic carbocycles. The average molecular weight is 627 g/mol. The number of esters is 1. The van der Waals surface area contributed by atoms with E-state index in [2.05, 4.69) is 6.58 Å². The van der Waals surface area contributed by atoms with Gasteiger partial charge in [0.25, 0.3) is 0 Å². The number of aliphatic hydroxyl groups excluding tert-OH is 1. The predicted octanol–water partition coefficient (Wildman–Crippen LogP) is 6.27. The molecule has 1 aliphatic heterocycles. The minimum atomic E-state index is -1.02. The van der Waals surface area contributed by atoms with E-state index in [9.17, 15) is 4.79 Å². The molecule has 0 fully saturated rings. The van der Waals surface area contributed by atoms with Gasteiger partial charge in [-0.3, -0.25) is 0 Å². The highest BCUT2D eigenvalue weighted by Crippen LogP contribution is 2.49. The zero-order chi connectivity index (χ0) is 32.4. The van der Waals surface area contributed by atoms with Crippen molar-refractivity contribution in [3.63, 3.8) is 0 Å². The molecule has 1 aliphatic rings. The van der Waals surface area contributed by atoms with E-state index in [0.717, 1.165) is 22.1 Å². The van der Waals surface area contributed by atoms with Crippen LogP contribution in [0.5, 0.6) is 17.2 Å². The number of fused-ring (bicyclic) bond motifs is 3. The number of benzene rings is 4. The smallest absolute Gasteiger partial charge is 0.342 e. The third-order valence-corrected chi connectivity index (χ3v) is 7.31. The number of hydrogen-bond donors (Lipinski definition) is 1. The summed E-state index contributed by atoms with van der Waals surface area (Å²) in [6.45, 7) is 7.13.